The van der Waals surface area contributed by atoms with Crippen LogP contribution in [0.3, 0.4) is 0 Å². The third-order valence-corrected chi connectivity index (χ3v) is 4.78. The maximum atomic E-state index is 13.2. The molecule has 0 bridgehead atoms. The van der Waals surface area contributed by atoms with Crippen LogP contribution in [-0.2, 0) is 6.18 Å². The summed E-state index contributed by atoms with van der Waals surface area (Å²) in [7, 11) is 0. The molecule has 0 saturated carbocycles. The normalized spacial score (nSPS) is 11.2. The van der Waals surface area contributed by atoms with Crippen molar-refractivity contribution in [1.29, 1.82) is 0 Å². The van der Waals surface area contributed by atoms with Gasteiger partial charge in [-0.15, -0.1) is 0 Å². The number of halogens is 4. The number of nitrogens with one attached hydrogen (secondary N) is 1. The van der Waals surface area contributed by atoms with Crippen LogP contribution in [0.15, 0.2) is 91.0 Å². The third kappa shape index (κ3) is 4.67. The van der Waals surface area contributed by atoms with Gasteiger partial charge in [0, 0.05) is 16.8 Å². The highest BCUT2D eigenvalue weighted by atomic mass is 19.4. The van der Waals surface area contributed by atoms with Crippen molar-refractivity contribution in [3.8, 4) is 22.5 Å². The molecular weight excluding hydrogens is 420 g/mol. The summed E-state index contributed by atoms with van der Waals surface area (Å²) in [6.07, 6.45) is -4.64. The van der Waals surface area contributed by atoms with E-state index in [2.05, 4.69) is 10.3 Å². The highest BCUT2D eigenvalue weighted by Crippen LogP contribution is 2.32. The number of nitrogens with zero attached hydrogens (tertiary/aromatic N) is 1. The summed E-state index contributed by atoms with van der Waals surface area (Å²) in [6, 6.07) is 22.6. The minimum atomic E-state index is -4.64. The summed E-state index contributed by atoms with van der Waals surface area (Å²) >= 11 is 0. The van der Waals surface area contributed by atoms with Gasteiger partial charge in [0.15, 0.2) is 0 Å². The fourth-order valence-corrected chi connectivity index (χ4v) is 3.26. The second kappa shape index (κ2) is 8.63. The first kappa shape index (κ1) is 21.2. The zero-order chi connectivity index (χ0) is 22.7. The van der Waals surface area contributed by atoms with Crippen LogP contribution in [0.5, 0.6) is 0 Å². The van der Waals surface area contributed by atoms with E-state index >= 15 is 0 Å². The number of carbonyl (C=O) groups excluding carboxylic acids is 1. The monoisotopic (exact) mass is 436 g/mol. The summed E-state index contributed by atoms with van der Waals surface area (Å²) in [6.45, 7) is 0. The first-order valence-electron chi connectivity index (χ1n) is 9.62. The number of hydrogen-bond donors (Lipinski definition) is 1. The van der Waals surface area contributed by atoms with Gasteiger partial charge in [-0.25, -0.2) is 9.37 Å². The lowest BCUT2D eigenvalue weighted by Gasteiger charge is -2.13. The van der Waals surface area contributed by atoms with Crippen LogP contribution in [0.4, 0.5) is 23.2 Å². The van der Waals surface area contributed by atoms with E-state index in [1.807, 2.05) is 0 Å². The number of alkyl halides is 3. The van der Waals surface area contributed by atoms with Gasteiger partial charge >= 0.3 is 6.18 Å². The molecule has 7 heteroatoms. The van der Waals surface area contributed by atoms with Crippen molar-refractivity contribution in [2.24, 2.45) is 0 Å². The van der Waals surface area contributed by atoms with Crippen molar-refractivity contribution in [3.63, 3.8) is 0 Å². The molecule has 3 nitrogen and oxygen atoms in total. The molecule has 0 saturated heterocycles. The minimum absolute atomic E-state index is 0.332. The Labute approximate surface area is 181 Å². The predicted octanol–water partition coefficient (Wildman–Crippen LogP) is 6.83. The van der Waals surface area contributed by atoms with Gasteiger partial charge in [0.25, 0.3) is 5.91 Å². The number of benzene rings is 3. The van der Waals surface area contributed by atoms with E-state index in [1.54, 1.807) is 54.6 Å². The molecule has 0 aliphatic carbocycles. The largest absolute Gasteiger partial charge is 0.417 e. The van der Waals surface area contributed by atoms with Gasteiger partial charge in [-0.2, -0.15) is 13.2 Å². The maximum absolute atomic E-state index is 13.2. The predicted molar refractivity (Wildman–Crippen MR) is 114 cm³/mol. The van der Waals surface area contributed by atoms with Gasteiger partial charge in [0.2, 0.25) is 0 Å². The number of hydrogen-bond acceptors (Lipinski definition) is 2. The lowest BCUT2D eigenvalue weighted by atomic mass is 10.1. The number of aromatic nitrogens is 1. The van der Waals surface area contributed by atoms with Crippen molar-refractivity contribution >= 4 is 11.6 Å². The smallest absolute Gasteiger partial charge is 0.322 e. The van der Waals surface area contributed by atoms with Crippen LogP contribution in [0.1, 0.15) is 15.9 Å². The number of rotatable bonds is 4. The Morgan fingerprint density at radius 2 is 1.41 bits per heavy atom. The molecular formula is C25H16F4N2O. The average Bonchev–Trinajstić information content (AvgIpc) is 2.79. The molecule has 1 N–H and O–H groups in total. The van der Waals surface area contributed by atoms with E-state index in [-0.39, 0.29) is 5.82 Å². The van der Waals surface area contributed by atoms with Crippen molar-refractivity contribution in [2.75, 3.05) is 5.32 Å². The van der Waals surface area contributed by atoms with Crippen LogP contribution in [0.25, 0.3) is 22.5 Å². The highest BCUT2D eigenvalue weighted by molar-refractivity contribution is 6.05. The lowest BCUT2D eigenvalue weighted by molar-refractivity contribution is -0.137. The topological polar surface area (TPSA) is 42.0 Å². The lowest BCUT2D eigenvalue weighted by Crippen LogP contribution is -2.18. The molecule has 4 rings (SSSR count). The standard InChI is InChI=1S/C25H16F4N2O/c26-18-13-11-16(12-14-18)22-9-4-10-23(31-22)17-5-3-6-19(15-17)30-24(32)20-7-1-2-8-21(20)25(27,28)29/h1-15H,(H,30,32). The summed E-state index contributed by atoms with van der Waals surface area (Å²) in [4.78, 5) is 17.1. The van der Waals surface area contributed by atoms with Crippen LogP contribution in [0.2, 0.25) is 0 Å². The number of carbonyl (C=O) groups is 1. The Balaban J connectivity index is 1.61. The average molecular weight is 436 g/mol. The number of amides is 1. The molecule has 3 aromatic carbocycles. The third-order valence-electron chi connectivity index (χ3n) is 4.78. The summed E-state index contributed by atoms with van der Waals surface area (Å²) in [5.74, 6) is -1.21. The Hall–Kier alpha value is -4.00. The minimum Gasteiger partial charge on any atom is -0.322 e. The number of anilines is 1. The molecule has 0 aliphatic heterocycles. The zero-order valence-corrected chi connectivity index (χ0v) is 16.5. The van der Waals surface area contributed by atoms with Crippen LogP contribution in [-0.4, -0.2) is 10.9 Å². The summed E-state index contributed by atoms with van der Waals surface area (Å²) < 4.78 is 52.9. The fraction of sp³-hybridized carbons (Fsp3) is 0.0400. The van der Waals surface area contributed by atoms with Crippen LogP contribution >= 0.6 is 0 Å². The second-order valence-corrected chi connectivity index (χ2v) is 6.99. The Kier molecular flexibility index (Phi) is 5.73. The van der Waals surface area contributed by atoms with E-state index < -0.39 is 23.2 Å². The molecule has 0 fully saturated rings. The molecule has 32 heavy (non-hydrogen) atoms. The van der Waals surface area contributed by atoms with Crippen molar-refractivity contribution in [1.82, 2.24) is 4.98 Å². The van der Waals surface area contributed by atoms with E-state index in [1.165, 1.54) is 24.3 Å². The first-order chi connectivity index (χ1) is 15.3. The molecule has 0 atom stereocenters. The molecule has 160 valence electrons. The van der Waals surface area contributed by atoms with E-state index in [9.17, 15) is 22.4 Å². The Morgan fingerprint density at radius 3 is 2.12 bits per heavy atom. The molecule has 1 heterocycles. The highest BCUT2D eigenvalue weighted by Gasteiger charge is 2.34. The molecule has 4 aromatic rings. The maximum Gasteiger partial charge on any atom is 0.417 e. The van der Waals surface area contributed by atoms with Gasteiger partial charge in [-0.3, -0.25) is 4.79 Å². The molecule has 1 amide bonds. The zero-order valence-electron chi connectivity index (χ0n) is 16.5. The molecule has 0 aliphatic rings. The Bertz CT molecular complexity index is 1270. The number of pyridine rings is 1. The van der Waals surface area contributed by atoms with Crippen molar-refractivity contribution in [3.05, 3.63) is 108 Å². The quantitative estimate of drug-likeness (QED) is 0.357. The van der Waals surface area contributed by atoms with E-state index in [0.29, 0.717) is 22.6 Å². The molecule has 0 unspecified atom stereocenters. The molecule has 0 radical (unpaired) electrons. The summed E-state index contributed by atoms with van der Waals surface area (Å²) in [5.41, 5.74) is 1.51. The summed E-state index contributed by atoms with van der Waals surface area (Å²) in [5, 5.41) is 2.53. The van der Waals surface area contributed by atoms with Gasteiger partial charge in [0.05, 0.1) is 22.5 Å². The van der Waals surface area contributed by atoms with Gasteiger partial charge in [-0.1, -0.05) is 30.3 Å². The van der Waals surface area contributed by atoms with Gasteiger partial charge < -0.3 is 5.32 Å². The van der Waals surface area contributed by atoms with E-state index in [0.717, 1.165) is 17.7 Å². The fourth-order valence-electron chi connectivity index (χ4n) is 3.26. The van der Waals surface area contributed by atoms with Gasteiger partial charge in [-0.05, 0) is 60.7 Å². The van der Waals surface area contributed by atoms with Crippen molar-refractivity contribution < 1.29 is 22.4 Å². The SMILES string of the molecule is O=C(Nc1cccc(-c2cccc(-c3ccc(F)cc3)n2)c1)c1ccccc1C(F)(F)F. The Morgan fingerprint density at radius 1 is 0.750 bits per heavy atom. The van der Waals surface area contributed by atoms with E-state index in [4.69, 9.17) is 0 Å². The molecule has 0 spiro atoms. The van der Waals surface area contributed by atoms with Gasteiger partial charge in [0.1, 0.15) is 5.82 Å². The van der Waals surface area contributed by atoms with Crippen LogP contribution in [0, 0.1) is 5.82 Å². The first-order valence-corrected chi connectivity index (χ1v) is 9.62. The molecule has 1 aromatic heterocycles. The van der Waals surface area contributed by atoms with Crippen LogP contribution < -0.4 is 5.32 Å². The van der Waals surface area contributed by atoms with Crippen molar-refractivity contribution in [2.45, 2.75) is 6.18 Å². The second-order valence-electron chi connectivity index (χ2n) is 6.99.